The summed E-state index contributed by atoms with van der Waals surface area (Å²) >= 11 is 5.70. The van der Waals surface area contributed by atoms with Crippen LogP contribution >= 0.6 is 11.6 Å². The van der Waals surface area contributed by atoms with E-state index in [-0.39, 0.29) is 12.0 Å². The Hall–Kier alpha value is -1.79. The molecule has 1 aliphatic heterocycles. The largest absolute Gasteiger partial charge is 0.494 e. The summed E-state index contributed by atoms with van der Waals surface area (Å²) in [6.45, 7) is 9.13. The van der Waals surface area contributed by atoms with Crippen molar-refractivity contribution in [3.8, 4) is 11.5 Å². The Balaban J connectivity index is 1.53. The fourth-order valence-electron chi connectivity index (χ4n) is 3.67. The SMILES string of the molecule is CC(C)(c1ccc(OCCCCl)cc1)c1ccc(OCC(O)CN2CCOCC2)cc1. The molecule has 0 bridgehead atoms. The van der Waals surface area contributed by atoms with E-state index in [1.54, 1.807) is 0 Å². The summed E-state index contributed by atoms with van der Waals surface area (Å²) < 4.78 is 16.9. The van der Waals surface area contributed by atoms with Gasteiger partial charge in [-0.1, -0.05) is 38.1 Å². The molecule has 0 aromatic heterocycles. The minimum Gasteiger partial charge on any atom is -0.494 e. The highest BCUT2D eigenvalue weighted by molar-refractivity contribution is 6.17. The Morgan fingerprint density at radius 3 is 2.06 bits per heavy atom. The van der Waals surface area contributed by atoms with Crippen molar-refractivity contribution in [2.24, 2.45) is 0 Å². The molecule has 1 fully saturated rings. The van der Waals surface area contributed by atoms with Crippen LogP contribution < -0.4 is 9.47 Å². The molecule has 2 aromatic rings. The number of hydrogen-bond acceptors (Lipinski definition) is 5. The molecule has 1 heterocycles. The first-order valence-electron chi connectivity index (χ1n) is 11.0. The first kappa shape index (κ1) is 23.9. The number of nitrogens with zero attached hydrogens (tertiary/aromatic N) is 1. The minimum atomic E-state index is -0.514. The number of ether oxygens (including phenoxy) is 3. The van der Waals surface area contributed by atoms with Crippen molar-refractivity contribution in [1.82, 2.24) is 4.90 Å². The van der Waals surface area contributed by atoms with Gasteiger partial charge in [-0.25, -0.2) is 0 Å². The second-order valence-corrected chi connectivity index (χ2v) is 8.82. The number of β-amino-alcohol motifs (C(OH)–C–C–N with tert-alkyl or cyclic N) is 1. The predicted octanol–water partition coefficient (Wildman–Crippen LogP) is 4.09. The van der Waals surface area contributed by atoms with Gasteiger partial charge >= 0.3 is 0 Å². The van der Waals surface area contributed by atoms with Gasteiger partial charge in [0, 0.05) is 30.9 Å². The van der Waals surface area contributed by atoms with Crippen LogP contribution in [0, 0.1) is 0 Å². The van der Waals surface area contributed by atoms with Crippen molar-refractivity contribution in [2.75, 3.05) is 51.9 Å². The highest BCUT2D eigenvalue weighted by Gasteiger charge is 2.23. The Labute approximate surface area is 190 Å². The number of benzene rings is 2. The third-order valence-electron chi connectivity index (χ3n) is 5.71. The smallest absolute Gasteiger partial charge is 0.119 e. The van der Waals surface area contributed by atoms with E-state index in [4.69, 9.17) is 25.8 Å². The fraction of sp³-hybridized carbons (Fsp3) is 0.520. The second-order valence-electron chi connectivity index (χ2n) is 8.44. The average molecular weight is 448 g/mol. The molecule has 5 nitrogen and oxygen atoms in total. The van der Waals surface area contributed by atoms with Crippen LogP contribution in [0.1, 0.15) is 31.4 Å². The zero-order valence-corrected chi connectivity index (χ0v) is 19.3. The molecule has 0 spiro atoms. The van der Waals surface area contributed by atoms with Gasteiger partial charge in [0.2, 0.25) is 0 Å². The van der Waals surface area contributed by atoms with Crippen LogP contribution in [0.5, 0.6) is 11.5 Å². The van der Waals surface area contributed by atoms with Crippen LogP contribution in [-0.2, 0) is 10.2 Å². The van der Waals surface area contributed by atoms with Gasteiger partial charge < -0.3 is 19.3 Å². The van der Waals surface area contributed by atoms with Gasteiger partial charge in [-0.2, -0.15) is 0 Å². The van der Waals surface area contributed by atoms with E-state index in [1.165, 1.54) is 11.1 Å². The minimum absolute atomic E-state index is 0.150. The van der Waals surface area contributed by atoms with Gasteiger partial charge in [-0.3, -0.25) is 4.90 Å². The molecule has 1 unspecified atom stereocenters. The fourth-order valence-corrected chi connectivity index (χ4v) is 3.78. The van der Waals surface area contributed by atoms with Crippen molar-refractivity contribution in [1.29, 1.82) is 0 Å². The molecule has 1 saturated heterocycles. The number of halogens is 1. The van der Waals surface area contributed by atoms with Crippen LogP contribution in [-0.4, -0.2) is 68.1 Å². The third-order valence-corrected chi connectivity index (χ3v) is 5.98. The van der Waals surface area contributed by atoms with Crippen molar-refractivity contribution in [2.45, 2.75) is 31.8 Å². The van der Waals surface area contributed by atoms with Crippen molar-refractivity contribution in [3.63, 3.8) is 0 Å². The molecule has 0 saturated carbocycles. The lowest BCUT2D eigenvalue weighted by Crippen LogP contribution is -2.42. The predicted molar refractivity (Wildman–Crippen MR) is 125 cm³/mol. The maximum absolute atomic E-state index is 10.3. The van der Waals surface area contributed by atoms with E-state index in [0.717, 1.165) is 44.2 Å². The topological polar surface area (TPSA) is 51.2 Å². The number of aliphatic hydroxyl groups is 1. The van der Waals surface area contributed by atoms with Gasteiger partial charge in [0.05, 0.1) is 19.8 Å². The van der Waals surface area contributed by atoms with Gasteiger partial charge in [-0.15, -0.1) is 11.6 Å². The molecule has 6 heteroatoms. The average Bonchev–Trinajstić information content (AvgIpc) is 2.79. The van der Waals surface area contributed by atoms with Crippen molar-refractivity contribution < 1.29 is 19.3 Å². The summed E-state index contributed by atoms with van der Waals surface area (Å²) in [4.78, 5) is 2.21. The molecule has 3 rings (SSSR count). The van der Waals surface area contributed by atoms with Crippen LogP contribution in [0.15, 0.2) is 48.5 Å². The Morgan fingerprint density at radius 2 is 1.52 bits per heavy atom. The van der Waals surface area contributed by atoms with Crippen LogP contribution in [0.25, 0.3) is 0 Å². The second kappa shape index (κ2) is 11.7. The van der Waals surface area contributed by atoms with Crippen molar-refractivity contribution >= 4 is 11.6 Å². The van der Waals surface area contributed by atoms with Gasteiger partial charge in [-0.05, 0) is 41.8 Å². The molecule has 0 radical (unpaired) electrons. The lowest BCUT2D eigenvalue weighted by molar-refractivity contribution is 0.00465. The van der Waals surface area contributed by atoms with Gasteiger partial charge in [0.15, 0.2) is 0 Å². The first-order chi connectivity index (χ1) is 15.0. The molecule has 0 amide bonds. The van der Waals surface area contributed by atoms with E-state index < -0.39 is 6.10 Å². The van der Waals surface area contributed by atoms with Crippen LogP contribution in [0.2, 0.25) is 0 Å². The van der Waals surface area contributed by atoms with E-state index in [1.807, 2.05) is 24.3 Å². The molecule has 170 valence electrons. The number of aliphatic hydroxyl groups excluding tert-OH is 1. The van der Waals surface area contributed by atoms with E-state index in [9.17, 15) is 5.11 Å². The lowest BCUT2D eigenvalue weighted by atomic mass is 9.78. The van der Waals surface area contributed by atoms with E-state index in [2.05, 4.69) is 43.0 Å². The highest BCUT2D eigenvalue weighted by atomic mass is 35.5. The Kier molecular flexibility index (Phi) is 9.02. The summed E-state index contributed by atoms with van der Waals surface area (Å²) in [5.74, 6) is 2.24. The summed E-state index contributed by atoms with van der Waals surface area (Å²) in [7, 11) is 0. The molecular formula is C25H34ClNO4. The van der Waals surface area contributed by atoms with Crippen molar-refractivity contribution in [3.05, 3.63) is 59.7 Å². The first-order valence-corrected chi connectivity index (χ1v) is 11.5. The van der Waals surface area contributed by atoms with E-state index in [0.29, 0.717) is 19.0 Å². The summed E-state index contributed by atoms with van der Waals surface area (Å²) in [5, 5.41) is 10.3. The van der Waals surface area contributed by atoms with E-state index >= 15 is 0 Å². The summed E-state index contributed by atoms with van der Waals surface area (Å²) in [6, 6.07) is 16.4. The van der Waals surface area contributed by atoms with Crippen LogP contribution in [0.3, 0.4) is 0 Å². The summed E-state index contributed by atoms with van der Waals surface area (Å²) in [6.07, 6.45) is 0.326. The van der Waals surface area contributed by atoms with Crippen LogP contribution in [0.4, 0.5) is 0 Å². The normalized spacial score (nSPS) is 16.1. The number of alkyl halides is 1. The third kappa shape index (κ3) is 7.11. The van der Waals surface area contributed by atoms with Gasteiger partial charge in [0.1, 0.15) is 24.2 Å². The Morgan fingerprint density at radius 1 is 0.968 bits per heavy atom. The number of rotatable bonds is 11. The molecule has 0 aliphatic carbocycles. The number of hydrogen-bond donors (Lipinski definition) is 1. The zero-order valence-electron chi connectivity index (χ0n) is 18.6. The monoisotopic (exact) mass is 447 g/mol. The highest BCUT2D eigenvalue weighted by Crippen LogP contribution is 2.33. The molecule has 1 N–H and O–H groups in total. The standard InChI is InChI=1S/C25H34ClNO4/c1-25(2,20-4-8-23(9-5-20)30-15-3-12-26)21-6-10-24(11-7-21)31-19-22(28)18-27-13-16-29-17-14-27/h4-11,22,28H,3,12-19H2,1-2H3. The molecule has 1 atom stereocenters. The maximum Gasteiger partial charge on any atom is 0.119 e. The Bertz CT molecular complexity index is 773. The molecular weight excluding hydrogens is 414 g/mol. The number of morpholine rings is 1. The molecule has 31 heavy (non-hydrogen) atoms. The summed E-state index contributed by atoms with van der Waals surface area (Å²) in [5.41, 5.74) is 2.26. The lowest BCUT2D eigenvalue weighted by Gasteiger charge is -2.28. The van der Waals surface area contributed by atoms with Gasteiger partial charge in [0.25, 0.3) is 0 Å². The quantitative estimate of drug-likeness (QED) is 0.415. The molecule has 1 aliphatic rings. The molecule has 2 aromatic carbocycles. The maximum atomic E-state index is 10.3. The zero-order chi connectivity index (χ0) is 22.1.